The van der Waals surface area contributed by atoms with E-state index in [1.807, 2.05) is 6.92 Å². The molecule has 1 aromatic heterocycles. The average molecular weight is 309 g/mol. The highest BCUT2D eigenvalue weighted by atomic mass is 32.1. The molecule has 0 aliphatic rings. The van der Waals surface area contributed by atoms with E-state index in [1.165, 1.54) is 12.1 Å². The Labute approximate surface area is 123 Å². The number of nitrogens with two attached hydrogens (primary N) is 1. The SMILES string of the molecule is CCc1nnsc1C(=O)Nc1cccc(F)c1C(N)=NO. The predicted molar refractivity (Wildman–Crippen MR) is 76.2 cm³/mol. The van der Waals surface area contributed by atoms with Crippen molar-refractivity contribution < 1.29 is 14.4 Å². The summed E-state index contributed by atoms with van der Waals surface area (Å²) >= 11 is 0.948. The maximum Gasteiger partial charge on any atom is 0.269 e. The lowest BCUT2D eigenvalue weighted by Gasteiger charge is -2.10. The summed E-state index contributed by atoms with van der Waals surface area (Å²) in [5.74, 6) is -1.61. The van der Waals surface area contributed by atoms with E-state index in [1.54, 1.807) is 0 Å². The van der Waals surface area contributed by atoms with Crippen LogP contribution < -0.4 is 11.1 Å². The lowest BCUT2D eigenvalue weighted by Crippen LogP contribution is -2.20. The van der Waals surface area contributed by atoms with Crippen molar-refractivity contribution in [1.82, 2.24) is 9.59 Å². The zero-order valence-corrected chi connectivity index (χ0v) is 11.8. The summed E-state index contributed by atoms with van der Waals surface area (Å²) in [5.41, 5.74) is 5.91. The molecule has 0 saturated heterocycles. The van der Waals surface area contributed by atoms with Crippen molar-refractivity contribution in [2.75, 3.05) is 5.32 Å². The molecule has 4 N–H and O–H groups in total. The van der Waals surface area contributed by atoms with Gasteiger partial charge in [-0.15, -0.1) is 5.10 Å². The second-order valence-electron chi connectivity index (χ2n) is 4.00. The van der Waals surface area contributed by atoms with E-state index >= 15 is 0 Å². The summed E-state index contributed by atoms with van der Waals surface area (Å²) in [4.78, 5) is 12.5. The number of rotatable bonds is 4. The number of carbonyl (C=O) groups excluding carboxylic acids is 1. The van der Waals surface area contributed by atoms with Crippen molar-refractivity contribution >= 4 is 29.0 Å². The number of hydrogen-bond acceptors (Lipinski definition) is 6. The van der Waals surface area contributed by atoms with Gasteiger partial charge in [0.25, 0.3) is 5.91 Å². The van der Waals surface area contributed by atoms with Crippen molar-refractivity contribution in [2.45, 2.75) is 13.3 Å². The summed E-state index contributed by atoms with van der Waals surface area (Å²) in [5, 5.41) is 17.8. The Hall–Kier alpha value is -2.55. The first kappa shape index (κ1) is 14.9. The van der Waals surface area contributed by atoms with E-state index in [4.69, 9.17) is 10.9 Å². The van der Waals surface area contributed by atoms with Crippen molar-refractivity contribution in [3.63, 3.8) is 0 Å². The Morgan fingerprint density at radius 2 is 2.33 bits per heavy atom. The van der Waals surface area contributed by atoms with E-state index in [0.717, 1.165) is 17.6 Å². The maximum absolute atomic E-state index is 13.8. The van der Waals surface area contributed by atoms with E-state index in [0.29, 0.717) is 17.0 Å². The predicted octanol–water partition coefficient (Wildman–Crippen LogP) is 1.59. The molecule has 9 heteroatoms. The summed E-state index contributed by atoms with van der Waals surface area (Å²) in [6, 6.07) is 4.01. The Morgan fingerprint density at radius 3 is 3.00 bits per heavy atom. The van der Waals surface area contributed by atoms with Gasteiger partial charge in [-0.2, -0.15) is 0 Å². The van der Waals surface area contributed by atoms with Crippen LogP contribution in [0.1, 0.15) is 27.9 Å². The number of oxime groups is 1. The van der Waals surface area contributed by atoms with Crippen LogP contribution in [0.5, 0.6) is 0 Å². The number of benzene rings is 1. The number of aryl methyl sites for hydroxylation is 1. The number of amides is 1. The standard InChI is InChI=1S/C12H12FN5O2S/c1-2-7-10(21-18-16-7)12(19)15-8-5-3-4-6(13)9(8)11(14)17-20/h3-5,20H,2H2,1H3,(H2,14,17)(H,15,19). The largest absolute Gasteiger partial charge is 0.409 e. The fourth-order valence-corrected chi connectivity index (χ4v) is 2.38. The highest BCUT2D eigenvalue weighted by molar-refractivity contribution is 7.08. The third-order valence-corrected chi connectivity index (χ3v) is 3.49. The molecular formula is C12H12FN5O2S. The third kappa shape index (κ3) is 2.97. The minimum absolute atomic E-state index is 0.103. The molecule has 0 radical (unpaired) electrons. The molecule has 1 amide bonds. The van der Waals surface area contributed by atoms with E-state index in [-0.39, 0.29) is 11.3 Å². The molecule has 2 rings (SSSR count). The smallest absolute Gasteiger partial charge is 0.269 e. The molecule has 0 aliphatic heterocycles. The number of carbonyl (C=O) groups is 1. The van der Waals surface area contributed by atoms with Crippen LogP contribution in [0.2, 0.25) is 0 Å². The molecule has 0 atom stereocenters. The van der Waals surface area contributed by atoms with Crippen LogP contribution in [-0.4, -0.2) is 26.5 Å². The normalized spacial score (nSPS) is 11.4. The molecule has 0 bridgehead atoms. The number of hydrogen-bond donors (Lipinski definition) is 3. The van der Waals surface area contributed by atoms with Gasteiger partial charge < -0.3 is 16.3 Å². The van der Waals surface area contributed by atoms with Crippen LogP contribution in [-0.2, 0) is 6.42 Å². The van der Waals surface area contributed by atoms with E-state index in [2.05, 4.69) is 20.1 Å². The number of nitrogens with one attached hydrogen (secondary N) is 1. The fraction of sp³-hybridized carbons (Fsp3) is 0.167. The molecular weight excluding hydrogens is 297 g/mol. The van der Waals surface area contributed by atoms with Gasteiger partial charge in [-0.25, -0.2) is 4.39 Å². The first-order valence-electron chi connectivity index (χ1n) is 5.97. The van der Waals surface area contributed by atoms with Gasteiger partial charge in [-0.3, -0.25) is 4.79 Å². The van der Waals surface area contributed by atoms with E-state index in [9.17, 15) is 9.18 Å². The number of amidine groups is 1. The summed E-state index contributed by atoms with van der Waals surface area (Å²) in [6.45, 7) is 1.84. The Bertz CT molecular complexity index is 701. The molecule has 2 aromatic rings. The van der Waals surface area contributed by atoms with E-state index < -0.39 is 17.6 Å². The van der Waals surface area contributed by atoms with Crippen LogP contribution in [0.4, 0.5) is 10.1 Å². The van der Waals surface area contributed by atoms with Gasteiger partial charge >= 0.3 is 0 Å². The number of anilines is 1. The fourth-order valence-electron chi connectivity index (χ4n) is 1.73. The molecule has 0 saturated carbocycles. The zero-order valence-electron chi connectivity index (χ0n) is 11.0. The van der Waals surface area contributed by atoms with Gasteiger partial charge in [0, 0.05) is 0 Å². The first-order valence-corrected chi connectivity index (χ1v) is 6.74. The molecule has 21 heavy (non-hydrogen) atoms. The monoisotopic (exact) mass is 309 g/mol. The van der Waals surface area contributed by atoms with Crippen LogP contribution in [0.15, 0.2) is 23.4 Å². The average Bonchev–Trinajstić information content (AvgIpc) is 2.95. The Morgan fingerprint density at radius 1 is 1.57 bits per heavy atom. The van der Waals surface area contributed by atoms with Crippen molar-refractivity contribution in [2.24, 2.45) is 10.9 Å². The quantitative estimate of drug-likeness (QED) is 0.343. The second-order valence-corrected chi connectivity index (χ2v) is 4.76. The van der Waals surface area contributed by atoms with Crippen LogP contribution >= 0.6 is 11.5 Å². The molecule has 0 aliphatic carbocycles. The lowest BCUT2D eigenvalue weighted by molar-refractivity contribution is 0.102. The van der Waals surface area contributed by atoms with Crippen LogP contribution in [0.25, 0.3) is 0 Å². The molecule has 0 unspecified atom stereocenters. The summed E-state index contributed by atoms with van der Waals surface area (Å²) < 4.78 is 17.5. The van der Waals surface area contributed by atoms with Gasteiger partial charge in [-0.1, -0.05) is 22.6 Å². The minimum atomic E-state index is -0.707. The van der Waals surface area contributed by atoms with Gasteiger partial charge in [0.15, 0.2) is 5.84 Å². The topological polar surface area (TPSA) is 113 Å². The summed E-state index contributed by atoms with van der Waals surface area (Å²) in [7, 11) is 0. The minimum Gasteiger partial charge on any atom is -0.409 e. The van der Waals surface area contributed by atoms with Gasteiger partial charge in [0.2, 0.25) is 0 Å². The van der Waals surface area contributed by atoms with Crippen LogP contribution in [0, 0.1) is 5.82 Å². The maximum atomic E-state index is 13.8. The lowest BCUT2D eigenvalue weighted by atomic mass is 10.1. The molecule has 1 aromatic carbocycles. The molecule has 0 spiro atoms. The summed E-state index contributed by atoms with van der Waals surface area (Å²) in [6.07, 6.45) is 0.551. The molecule has 1 heterocycles. The van der Waals surface area contributed by atoms with Gasteiger partial charge in [-0.05, 0) is 30.1 Å². The molecule has 0 fully saturated rings. The number of nitrogens with zero attached hydrogens (tertiary/aromatic N) is 3. The third-order valence-electron chi connectivity index (χ3n) is 2.72. The Kier molecular flexibility index (Phi) is 4.43. The number of halogens is 1. The van der Waals surface area contributed by atoms with Crippen LogP contribution in [0.3, 0.4) is 0 Å². The molecule has 110 valence electrons. The van der Waals surface area contributed by atoms with Gasteiger partial charge in [0.1, 0.15) is 10.7 Å². The van der Waals surface area contributed by atoms with Crippen molar-refractivity contribution in [3.8, 4) is 0 Å². The van der Waals surface area contributed by atoms with Crippen molar-refractivity contribution in [3.05, 3.63) is 40.2 Å². The first-order chi connectivity index (χ1) is 10.1. The highest BCUT2D eigenvalue weighted by Gasteiger charge is 2.19. The number of aromatic nitrogens is 2. The highest BCUT2D eigenvalue weighted by Crippen LogP contribution is 2.21. The zero-order chi connectivity index (χ0) is 15.4. The van der Waals surface area contributed by atoms with Gasteiger partial charge in [0.05, 0.1) is 16.9 Å². The molecule has 7 nitrogen and oxygen atoms in total. The van der Waals surface area contributed by atoms with Crippen molar-refractivity contribution in [1.29, 1.82) is 0 Å². The second kappa shape index (κ2) is 6.27. The Balaban J connectivity index is 2.36.